The normalized spacial score (nSPS) is 19.8. The van der Waals surface area contributed by atoms with Gasteiger partial charge in [0, 0.05) is 32.1 Å². The Hall–Kier alpha value is -3.87. The molecule has 34 heavy (non-hydrogen) atoms. The molecule has 1 aromatic carbocycles. The lowest BCUT2D eigenvalue weighted by atomic mass is 10.1. The second kappa shape index (κ2) is 8.48. The fraction of sp³-hybridized carbons (Fsp3) is 0.417. The Morgan fingerprint density at radius 1 is 1.26 bits per heavy atom. The average molecular weight is 464 g/mol. The molecule has 10 heteroatoms. The van der Waals surface area contributed by atoms with Crippen LogP contribution in [0.25, 0.3) is 11.0 Å². The molecular weight excluding hydrogens is 437 g/mol. The van der Waals surface area contributed by atoms with Crippen molar-refractivity contribution in [3.05, 3.63) is 41.3 Å². The maximum atomic E-state index is 13.5. The van der Waals surface area contributed by atoms with Crippen molar-refractivity contribution in [3.8, 4) is 11.8 Å². The second-order valence-electron chi connectivity index (χ2n) is 8.84. The number of alkyl halides is 1. The van der Waals surface area contributed by atoms with Crippen LogP contribution >= 0.6 is 0 Å². The van der Waals surface area contributed by atoms with E-state index < -0.39 is 18.6 Å². The number of carbonyl (C=O) groups is 2. The van der Waals surface area contributed by atoms with E-state index in [4.69, 9.17) is 5.73 Å². The van der Waals surface area contributed by atoms with E-state index in [-0.39, 0.29) is 23.2 Å². The van der Waals surface area contributed by atoms with Crippen molar-refractivity contribution in [3.63, 3.8) is 0 Å². The van der Waals surface area contributed by atoms with Gasteiger partial charge in [-0.3, -0.25) is 9.59 Å². The van der Waals surface area contributed by atoms with Crippen LogP contribution in [0.3, 0.4) is 0 Å². The lowest BCUT2D eigenvalue weighted by molar-refractivity contribution is -0.130. The molecule has 1 saturated heterocycles. The van der Waals surface area contributed by atoms with E-state index in [2.05, 4.69) is 31.8 Å². The summed E-state index contributed by atoms with van der Waals surface area (Å²) in [5, 5.41) is 7.54. The molecular formula is C24H26FN7O2. The molecule has 0 spiro atoms. The zero-order chi connectivity index (χ0) is 24.0. The van der Waals surface area contributed by atoms with Crippen LogP contribution in [0.15, 0.2) is 24.5 Å². The van der Waals surface area contributed by atoms with Gasteiger partial charge < -0.3 is 20.5 Å². The summed E-state index contributed by atoms with van der Waals surface area (Å²) in [5.41, 5.74) is 8.76. The predicted octanol–water partition coefficient (Wildman–Crippen LogP) is 2.24. The zero-order valence-electron chi connectivity index (χ0n) is 19.1. The number of likely N-dealkylation sites (tertiary alicyclic amines) is 1. The summed E-state index contributed by atoms with van der Waals surface area (Å²) in [6, 6.07) is 5.55. The van der Waals surface area contributed by atoms with Gasteiger partial charge in [0.05, 0.1) is 29.4 Å². The lowest BCUT2D eigenvalue weighted by Crippen LogP contribution is -2.35. The highest BCUT2D eigenvalue weighted by Gasteiger charge is 2.37. The van der Waals surface area contributed by atoms with Crippen molar-refractivity contribution < 1.29 is 14.0 Å². The number of aromatic nitrogens is 4. The Labute approximate surface area is 196 Å². The number of hydrogen-bond donors (Lipinski definition) is 2. The quantitative estimate of drug-likeness (QED) is 0.564. The SMILES string of the molecule is CNc1c(C(N)=O)c(C#Cc2ccc3c(c2)ncn3C2CC2)nn1[C@H]1C[C@H](CF)N(C(C)=O)C1. The van der Waals surface area contributed by atoms with E-state index in [9.17, 15) is 14.0 Å². The highest BCUT2D eigenvalue weighted by Crippen LogP contribution is 2.37. The van der Waals surface area contributed by atoms with E-state index >= 15 is 0 Å². The van der Waals surface area contributed by atoms with E-state index in [1.807, 2.05) is 24.5 Å². The van der Waals surface area contributed by atoms with Crippen LogP contribution in [-0.2, 0) is 4.79 Å². The molecule has 9 nitrogen and oxygen atoms in total. The van der Waals surface area contributed by atoms with Crippen molar-refractivity contribution in [1.82, 2.24) is 24.2 Å². The third-order valence-corrected chi connectivity index (χ3v) is 6.55. The molecule has 176 valence electrons. The van der Waals surface area contributed by atoms with Crippen LogP contribution in [0.5, 0.6) is 0 Å². The summed E-state index contributed by atoms with van der Waals surface area (Å²) in [6.45, 7) is 1.08. The minimum absolute atomic E-state index is 0.173. The van der Waals surface area contributed by atoms with Gasteiger partial charge in [0.1, 0.15) is 18.1 Å². The molecule has 5 rings (SSSR count). The summed E-state index contributed by atoms with van der Waals surface area (Å²) in [4.78, 5) is 30.2. The molecule has 0 bridgehead atoms. The van der Waals surface area contributed by atoms with Gasteiger partial charge in [-0.25, -0.2) is 14.1 Å². The molecule has 2 amide bonds. The lowest BCUT2D eigenvalue weighted by Gasteiger charge is -2.20. The van der Waals surface area contributed by atoms with Gasteiger partial charge >= 0.3 is 0 Å². The number of carbonyl (C=O) groups excluding carboxylic acids is 2. The smallest absolute Gasteiger partial charge is 0.255 e. The molecule has 0 unspecified atom stereocenters. The Bertz CT molecular complexity index is 1340. The Morgan fingerprint density at radius 3 is 2.68 bits per heavy atom. The summed E-state index contributed by atoms with van der Waals surface area (Å²) in [7, 11) is 1.66. The van der Waals surface area contributed by atoms with Crippen LogP contribution in [0, 0.1) is 11.8 Å². The topological polar surface area (TPSA) is 111 Å². The molecule has 3 aromatic rings. The van der Waals surface area contributed by atoms with E-state index in [1.54, 1.807) is 11.7 Å². The van der Waals surface area contributed by atoms with Crippen molar-refractivity contribution in [2.45, 2.75) is 44.3 Å². The molecule has 2 aliphatic rings. The van der Waals surface area contributed by atoms with Gasteiger partial charge in [0.2, 0.25) is 5.91 Å². The third-order valence-electron chi connectivity index (χ3n) is 6.55. The molecule has 3 N–H and O–H groups in total. The minimum atomic E-state index is -0.665. The first-order valence-electron chi connectivity index (χ1n) is 11.3. The van der Waals surface area contributed by atoms with Crippen molar-refractivity contribution in [2.75, 3.05) is 25.6 Å². The van der Waals surface area contributed by atoms with E-state index in [0.717, 1.165) is 16.6 Å². The number of amides is 2. The second-order valence-corrected chi connectivity index (χ2v) is 8.84. The van der Waals surface area contributed by atoms with Gasteiger partial charge in [-0.15, -0.1) is 0 Å². The first kappa shape index (κ1) is 21.9. The maximum absolute atomic E-state index is 13.5. The Morgan fingerprint density at radius 2 is 2.06 bits per heavy atom. The fourth-order valence-corrected chi connectivity index (χ4v) is 4.74. The van der Waals surface area contributed by atoms with Crippen molar-refractivity contribution in [2.24, 2.45) is 5.73 Å². The molecule has 0 radical (unpaired) electrons. The summed E-state index contributed by atoms with van der Waals surface area (Å²) >= 11 is 0. The van der Waals surface area contributed by atoms with Crippen LogP contribution in [0.4, 0.5) is 10.2 Å². The number of nitrogens with two attached hydrogens (primary N) is 1. The molecule has 1 saturated carbocycles. The number of hydrogen-bond acceptors (Lipinski definition) is 5. The monoisotopic (exact) mass is 463 g/mol. The first-order valence-corrected chi connectivity index (χ1v) is 11.3. The Balaban J connectivity index is 1.50. The van der Waals surface area contributed by atoms with Crippen LogP contribution in [0.2, 0.25) is 0 Å². The maximum Gasteiger partial charge on any atom is 0.255 e. The summed E-state index contributed by atoms with van der Waals surface area (Å²) in [5.74, 6) is 5.60. The minimum Gasteiger partial charge on any atom is -0.373 e. The average Bonchev–Trinajstić information content (AvgIpc) is 3.28. The number of anilines is 1. The molecule has 2 atom stereocenters. The standard InChI is InChI=1S/C24H26FN7O2/c1-14(33)30-12-18(10-17(30)11-25)32-24(27-2)22(23(26)34)19(29-32)7-3-15-4-8-21-20(9-15)28-13-31(21)16-5-6-16/h4,8-9,13,16-18,27H,5-6,10-12H2,1-2H3,(H2,26,34)/t17-,18+/m1/s1. The van der Waals surface area contributed by atoms with Crippen LogP contribution < -0.4 is 11.1 Å². The first-order chi connectivity index (χ1) is 16.4. The summed E-state index contributed by atoms with van der Waals surface area (Å²) in [6.07, 6.45) is 4.60. The van der Waals surface area contributed by atoms with Crippen molar-refractivity contribution >= 4 is 28.7 Å². The Kier molecular flexibility index (Phi) is 5.48. The number of benzene rings is 1. The van der Waals surface area contributed by atoms with Gasteiger partial charge in [-0.05, 0) is 43.4 Å². The molecule has 1 aliphatic carbocycles. The van der Waals surface area contributed by atoms with Crippen molar-refractivity contribution in [1.29, 1.82) is 0 Å². The number of imidazole rings is 1. The van der Waals surface area contributed by atoms with Gasteiger partial charge in [0.25, 0.3) is 5.91 Å². The fourth-order valence-electron chi connectivity index (χ4n) is 4.74. The van der Waals surface area contributed by atoms with E-state index in [1.165, 1.54) is 24.7 Å². The number of fused-ring (bicyclic) bond motifs is 1. The van der Waals surface area contributed by atoms with Gasteiger partial charge in [-0.2, -0.15) is 5.10 Å². The third kappa shape index (κ3) is 3.77. The van der Waals surface area contributed by atoms with Gasteiger partial charge in [0.15, 0.2) is 5.69 Å². The summed E-state index contributed by atoms with van der Waals surface area (Å²) < 4.78 is 17.3. The molecule has 3 heterocycles. The number of nitrogens with zero attached hydrogens (tertiary/aromatic N) is 5. The number of primary amides is 1. The molecule has 1 aliphatic heterocycles. The predicted molar refractivity (Wildman–Crippen MR) is 125 cm³/mol. The molecule has 2 aromatic heterocycles. The number of nitrogens with one attached hydrogen (secondary N) is 1. The highest BCUT2D eigenvalue weighted by molar-refractivity contribution is 6.00. The molecule has 2 fully saturated rings. The van der Waals surface area contributed by atoms with Crippen LogP contribution in [-0.4, -0.2) is 62.4 Å². The number of rotatable bonds is 5. The van der Waals surface area contributed by atoms with Crippen LogP contribution in [0.1, 0.15) is 59.9 Å². The largest absolute Gasteiger partial charge is 0.373 e. The number of halogens is 1. The zero-order valence-corrected chi connectivity index (χ0v) is 19.1. The highest BCUT2D eigenvalue weighted by atomic mass is 19.1. The van der Waals surface area contributed by atoms with Gasteiger partial charge in [-0.1, -0.05) is 5.92 Å². The van der Waals surface area contributed by atoms with E-state index in [0.29, 0.717) is 24.8 Å².